The molecule has 0 fully saturated rings. The summed E-state index contributed by atoms with van der Waals surface area (Å²) in [6.45, 7) is 1.65. The summed E-state index contributed by atoms with van der Waals surface area (Å²) in [6.07, 6.45) is 3.33. The van der Waals surface area contributed by atoms with E-state index in [1.54, 1.807) is 24.1 Å². The highest BCUT2D eigenvalue weighted by Crippen LogP contribution is 2.23. The maximum absolute atomic E-state index is 13.5. The number of aromatic nitrogens is 2. The van der Waals surface area contributed by atoms with Crippen LogP contribution in [0, 0.1) is 12.7 Å². The zero-order valence-electron chi connectivity index (χ0n) is 12.0. The normalized spacial score (nSPS) is 12.0. The van der Waals surface area contributed by atoms with Gasteiger partial charge in [0.2, 0.25) is 10.0 Å². The molecule has 0 amide bonds. The Morgan fingerprint density at radius 1 is 1.43 bits per heavy atom. The molecule has 6 nitrogen and oxygen atoms in total. The highest BCUT2D eigenvalue weighted by Gasteiger charge is 2.23. The molecule has 2 aromatic rings. The summed E-state index contributed by atoms with van der Waals surface area (Å²) < 4.78 is 41.2. The third kappa shape index (κ3) is 3.06. The molecule has 1 aromatic heterocycles. The predicted molar refractivity (Wildman–Crippen MR) is 77.4 cm³/mol. The number of sulfonamides is 1. The van der Waals surface area contributed by atoms with Gasteiger partial charge in [-0.2, -0.15) is 9.40 Å². The molecule has 8 heteroatoms. The fraction of sp³-hybridized carbons (Fsp3) is 0.308. The summed E-state index contributed by atoms with van der Waals surface area (Å²) in [6, 6.07) is 2.41. The standard InChI is InChI=1S/C13H17FN4O2S/c1-9-4-11(5-12(15)13(9)14)21(19,20)18(3)8-10-6-16-17(2)7-10/h4-7H,8,15H2,1-3H3. The highest BCUT2D eigenvalue weighted by molar-refractivity contribution is 7.89. The number of nitrogen functional groups attached to an aromatic ring is 1. The molecule has 0 saturated heterocycles. The molecular formula is C13H17FN4O2S. The minimum absolute atomic E-state index is 0.0229. The van der Waals surface area contributed by atoms with Gasteiger partial charge >= 0.3 is 0 Å². The Bertz CT molecular complexity index is 747. The van der Waals surface area contributed by atoms with E-state index >= 15 is 0 Å². The lowest BCUT2D eigenvalue weighted by Gasteiger charge is -2.17. The number of aryl methyl sites for hydroxylation is 2. The van der Waals surface area contributed by atoms with Crippen molar-refractivity contribution in [3.8, 4) is 0 Å². The molecule has 0 atom stereocenters. The molecule has 114 valence electrons. The molecule has 1 aromatic carbocycles. The molecule has 0 unspecified atom stereocenters. The maximum atomic E-state index is 13.5. The molecule has 0 radical (unpaired) electrons. The number of anilines is 1. The van der Waals surface area contributed by atoms with Crippen LogP contribution >= 0.6 is 0 Å². The zero-order valence-corrected chi connectivity index (χ0v) is 12.9. The van der Waals surface area contributed by atoms with Crippen LogP contribution in [0.3, 0.4) is 0 Å². The summed E-state index contributed by atoms with van der Waals surface area (Å²) in [4.78, 5) is -0.0229. The quantitative estimate of drug-likeness (QED) is 0.862. The van der Waals surface area contributed by atoms with Crippen molar-refractivity contribution in [2.75, 3.05) is 12.8 Å². The summed E-state index contributed by atoms with van der Waals surface area (Å²) in [5, 5.41) is 3.99. The predicted octanol–water partition coefficient (Wildman–Crippen LogP) is 1.27. The molecule has 0 aliphatic heterocycles. The Morgan fingerprint density at radius 3 is 2.62 bits per heavy atom. The van der Waals surface area contributed by atoms with E-state index in [9.17, 15) is 12.8 Å². The van der Waals surface area contributed by atoms with Gasteiger partial charge in [0.25, 0.3) is 0 Å². The van der Waals surface area contributed by atoms with E-state index in [1.165, 1.54) is 24.3 Å². The Kier molecular flexibility index (Phi) is 4.02. The zero-order chi connectivity index (χ0) is 15.8. The van der Waals surface area contributed by atoms with Crippen LogP contribution in [0.5, 0.6) is 0 Å². The van der Waals surface area contributed by atoms with Crippen molar-refractivity contribution in [1.82, 2.24) is 14.1 Å². The lowest BCUT2D eigenvalue weighted by Crippen LogP contribution is -2.26. The minimum atomic E-state index is -3.74. The summed E-state index contributed by atoms with van der Waals surface area (Å²) in [7, 11) is -0.532. The van der Waals surface area contributed by atoms with Crippen LogP contribution in [0.1, 0.15) is 11.1 Å². The van der Waals surface area contributed by atoms with Gasteiger partial charge in [-0.25, -0.2) is 12.8 Å². The van der Waals surface area contributed by atoms with Gasteiger partial charge in [-0.15, -0.1) is 0 Å². The number of halogens is 1. The average Bonchev–Trinajstić information content (AvgIpc) is 2.80. The molecular weight excluding hydrogens is 295 g/mol. The summed E-state index contributed by atoms with van der Waals surface area (Å²) in [5.74, 6) is -0.594. The van der Waals surface area contributed by atoms with E-state index in [1.807, 2.05) is 0 Å². The van der Waals surface area contributed by atoms with Crippen molar-refractivity contribution in [2.45, 2.75) is 18.4 Å². The topological polar surface area (TPSA) is 81.2 Å². The van der Waals surface area contributed by atoms with Gasteiger partial charge in [-0.3, -0.25) is 4.68 Å². The Balaban J connectivity index is 2.33. The van der Waals surface area contributed by atoms with Crippen LogP contribution in [0.2, 0.25) is 0 Å². The lowest BCUT2D eigenvalue weighted by atomic mass is 10.2. The summed E-state index contributed by atoms with van der Waals surface area (Å²) >= 11 is 0. The molecule has 1 heterocycles. The van der Waals surface area contributed by atoms with Crippen LogP contribution in [0.25, 0.3) is 0 Å². The SMILES string of the molecule is Cc1cc(S(=O)(=O)N(C)Cc2cnn(C)c2)cc(N)c1F. The molecule has 0 bridgehead atoms. The second-order valence-electron chi connectivity index (χ2n) is 4.93. The molecule has 2 rings (SSSR count). The van der Waals surface area contributed by atoms with Gasteiger partial charge in [0.1, 0.15) is 5.82 Å². The van der Waals surface area contributed by atoms with Gasteiger partial charge in [-0.05, 0) is 24.6 Å². The third-order valence-corrected chi connectivity index (χ3v) is 4.91. The van der Waals surface area contributed by atoms with Crippen molar-refractivity contribution in [3.05, 3.63) is 41.5 Å². The molecule has 0 spiro atoms. The summed E-state index contributed by atoms with van der Waals surface area (Å²) in [5.41, 5.74) is 6.28. The number of hydrogen-bond acceptors (Lipinski definition) is 4. The third-order valence-electron chi connectivity index (χ3n) is 3.13. The van der Waals surface area contributed by atoms with Gasteiger partial charge in [0.15, 0.2) is 0 Å². The van der Waals surface area contributed by atoms with E-state index in [0.29, 0.717) is 0 Å². The number of benzene rings is 1. The second-order valence-corrected chi connectivity index (χ2v) is 6.97. The van der Waals surface area contributed by atoms with Crippen molar-refractivity contribution in [3.63, 3.8) is 0 Å². The van der Waals surface area contributed by atoms with Crippen LogP contribution in [-0.4, -0.2) is 29.6 Å². The number of nitrogens with two attached hydrogens (primary N) is 1. The first-order valence-electron chi connectivity index (χ1n) is 6.21. The first-order chi connectivity index (χ1) is 9.71. The maximum Gasteiger partial charge on any atom is 0.243 e. The number of nitrogens with zero attached hydrogens (tertiary/aromatic N) is 3. The first-order valence-corrected chi connectivity index (χ1v) is 7.65. The largest absolute Gasteiger partial charge is 0.396 e. The van der Waals surface area contributed by atoms with Gasteiger partial charge in [0, 0.05) is 32.4 Å². The Hall–Kier alpha value is -1.93. The highest BCUT2D eigenvalue weighted by atomic mass is 32.2. The van der Waals surface area contributed by atoms with Crippen LogP contribution < -0.4 is 5.73 Å². The second kappa shape index (κ2) is 5.45. The Labute approximate surface area is 123 Å². The smallest absolute Gasteiger partial charge is 0.243 e. The monoisotopic (exact) mass is 312 g/mol. The van der Waals surface area contributed by atoms with Gasteiger partial charge < -0.3 is 5.73 Å². The van der Waals surface area contributed by atoms with Crippen molar-refractivity contribution in [2.24, 2.45) is 7.05 Å². The van der Waals surface area contributed by atoms with Crippen LogP contribution in [0.4, 0.5) is 10.1 Å². The van der Waals surface area contributed by atoms with E-state index < -0.39 is 15.8 Å². The van der Waals surface area contributed by atoms with Crippen molar-refractivity contribution in [1.29, 1.82) is 0 Å². The fourth-order valence-corrected chi connectivity index (χ4v) is 3.27. The van der Waals surface area contributed by atoms with Crippen LogP contribution in [-0.2, 0) is 23.6 Å². The molecule has 0 aliphatic rings. The van der Waals surface area contributed by atoms with Crippen molar-refractivity contribution < 1.29 is 12.8 Å². The van der Waals surface area contributed by atoms with Gasteiger partial charge in [0.05, 0.1) is 16.8 Å². The van der Waals surface area contributed by atoms with E-state index in [2.05, 4.69) is 5.10 Å². The molecule has 21 heavy (non-hydrogen) atoms. The van der Waals surface area contributed by atoms with Crippen molar-refractivity contribution >= 4 is 15.7 Å². The van der Waals surface area contributed by atoms with E-state index in [-0.39, 0.29) is 22.7 Å². The number of rotatable bonds is 4. The molecule has 2 N–H and O–H groups in total. The fourth-order valence-electron chi connectivity index (χ4n) is 1.99. The minimum Gasteiger partial charge on any atom is -0.396 e. The Morgan fingerprint density at radius 2 is 2.10 bits per heavy atom. The van der Waals surface area contributed by atoms with Crippen LogP contribution in [0.15, 0.2) is 29.4 Å². The van der Waals surface area contributed by atoms with Gasteiger partial charge in [-0.1, -0.05) is 0 Å². The van der Waals surface area contributed by atoms with E-state index in [0.717, 1.165) is 11.6 Å². The molecule has 0 saturated carbocycles. The average molecular weight is 312 g/mol. The lowest BCUT2D eigenvalue weighted by molar-refractivity contribution is 0.466. The number of hydrogen-bond donors (Lipinski definition) is 1. The molecule has 0 aliphatic carbocycles. The van der Waals surface area contributed by atoms with E-state index in [4.69, 9.17) is 5.73 Å². The first kappa shape index (κ1) is 15.5.